The van der Waals surface area contributed by atoms with Crippen LogP contribution in [0.15, 0.2) is 41.3 Å². The molecule has 0 N–H and O–H groups in total. The molecule has 1 aromatic heterocycles. The van der Waals surface area contributed by atoms with Crippen molar-refractivity contribution in [2.75, 3.05) is 24.6 Å². The number of aryl methyl sites for hydroxylation is 1. The van der Waals surface area contributed by atoms with E-state index in [1.165, 1.54) is 18.7 Å². The summed E-state index contributed by atoms with van der Waals surface area (Å²) in [4.78, 5) is 15.1. The molecule has 8 heteroatoms. The van der Waals surface area contributed by atoms with Gasteiger partial charge in [-0.05, 0) is 62.5 Å². The van der Waals surface area contributed by atoms with Crippen molar-refractivity contribution in [3.63, 3.8) is 0 Å². The van der Waals surface area contributed by atoms with Crippen LogP contribution in [-0.2, 0) is 4.74 Å². The van der Waals surface area contributed by atoms with E-state index in [1.807, 2.05) is 6.92 Å². The molecule has 2 unspecified atom stereocenters. The summed E-state index contributed by atoms with van der Waals surface area (Å²) in [6, 6.07) is 4.85. The topological polar surface area (TPSA) is 59.8 Å². The SMILES string of the molecule is CC1=NC=C=C(c2ccc(OCCC3CC3C3CCN(c4ncc(Cl)c(C)n4)CC3)cc2F)O1. The van der Waals surface area contributed by atoms with Crippen LogP contribution in [0.5, 0.6) is 5.75 Å². The van der Waals surface area contributed by atoms with Gasteiger partial charge in [-0.2, -0.15) is 0 Å². The van der Waals surface area contributed by atoms with Crippen molar-refractivity contribution in [3.05, 3.63) is 58.4 Å². The maximum Gasteiger partial charge on any atom is 0.225 e. The summed E-state index contributed by atoms with van der Waals surface area (Å²) in [6.07, 6.45) is 7.76. The van der Waals surface area contributed by atoms with Gasteiger partial charge < -0.3 is 14.4 Å². The van der Waals surface area contributed by atoms with E-state index in [2.05, 4.69) is 25.6 Å². The van der Waals surface area contributed by atoms with E-state index in [1.54, 1.807) is 25.3 Å². The number of ether oxygens (including phenoxy) is 2. The van der Waals surface area contributed by atoms with Gasteiger partial charge in [-0.15, -0.1) is 0 Å². The molecule has 2 fully saturated rings. The Labute approximate surface area is 204 Å². The molecule has 1 aromatic carbocycles. The van der Waals surface area contributed by atoms with Gasteiger partial charge >= 0.3 is 0 Å². The van der Waals surface area contributed by atoms with Crippen LogP contribution in [0, 0.1) is 30.5 Å². The van der Waals surface area contributed by atoms with E-state index in [0.717, 1.165) is 55.8 Å². The van der Waals surface area contributed by atoms with Crippen LogP contribution in [0.4, 0.5) is 10.3 Å². The summed E-state index contributed by atoms with van der Waals surface area (Å²) in [5.74, 6) is 3.94. The molecule has 2 aromatic rings. The van der Waals surface area contributed by atoms with E-state index in [-0.39, 0.29) is 5.82 Å². The van der Waals surface area contributed by atoms with Gasteiger partial charge in [0.25, 0.3) is 0 Å². The molecule has 1 saturated heterocycles. The average molecular weight is 483 g/mol. The first kappa shape index (κ1) is 22.9. The van der Waals surface area contributed by atoms with Crippen LogP contribution in [0.25, 0.3) is 5.76 Å². The van der Waals surface area contributed by atoms with Crippen LogP contribution >= 0.6 is 11.6 Å². The second-order valence-electron chi connectivity index (χ2n) is 9.22. The normalized spacial score (nSPS) is 22.2. The number of hydrogen-bond donors (Lipinski definition) is 0. The third-order valence-corrected chi connectivity index (χ3v) is 7.32. The molecule has 3 heterocycles. The third kappa shape index (κ3) is 5.11. The second kappa shape index (κ2) is 9.77. The lowest BCUT2D eigenvalue weighted by Gasteiger charge is -2.32. The number of hydrogen-bond acceptors (Lipinski definition) is 6. The lowest BCUT2D eigenvalue weighted by atomic mass is 9.90. The highest BCUT2D eigenvalue weighted by molar-refractivity contribution is 6.31. The number of aromatic nitrogens is 2. The van der Waals surface area contributed by atoms with Crippen molar-refractivity contribution in [2.24, 2.45) is 22.7 Å². The first-order valence-electron chi connectivity index (χ1n) is 11.8. The zero-order chi connectivity index (χ0) is 23.7. The fraction of sp³-hybridized carbons (Fsp3) is 0.462. The quantitative estimate of drug-likeness (QED) is 0.467. The van der Waals surface area contributed by atoms with Crippen molar-refractivity contribution < 1.29 is 13.9 Å². The number of halogens is 2. The highest BCUT2D eigenvalue weighted by atomic mass is 35.5. The van der Waals surface area contributed by atoms with Crippen molar-refractivity contribution >= 4 is 29.2 Å². The summed E-state index contributed by atoms with van der Waals surface area (Å²) in [5, 5.41) is 0.609. The third-order valence-electron chi connectivity index (χ3n) is 6.95. The molecule has 5 rings (SSSR count). The maximum absolute atomic E-state index is 14.6. The summed E-state index contributed by atoms with van der Waals surface area (Å²) < 4.78 is 25.9. The van der Waals surface area contributed by atoms with E-state index in [4.69, 9.17) is 21.1 Å². The predicted octanol–water partition coefficient (Wildman–Crippen LogP) is 5.80. The number of nitrogens with zero attached hydrogens (tertiary/aromatic N) is 4. The smallest absolute Gasteiger partial charge is 0.225 e. The zero-order valence-corrected chi connectivity index (χ0v) is 20.2. The lowest BCUT2D eigenvalue weighted by Crippen LogP contribution is -2.35. The summed E-state index contributed by atoms with van der Waals surface area (Å²) >= 11 is 6.06. The van der Waals surface area contributed by atoms with Crippen LogP contribution < -0.4 is 9.64 Å². The van der Waals surface area contributed by atoms with Gasteiger partial charge in [0.1, 0.15) is 11.6 Å². The van der Waals surface area contributed by atoms with Gasteiger partial charge in [0, 0.05) is 26.1 Å². The number of benzene rings is 1. The largest absolute Gasteiger partial charge is 0.493 e. The van der Waals surface area contributed by atoms with Crippen molar-refractivity contribution in [2.45, 2.75) is 39.5 Å². The minimum atomic E-state index is -0.390. The molecule has 0 bridgehead atoms. The van der Waals surface area contributed by atoms with Crippen molar-refractivity contribution in [1.82, 2.24) is 9.97 Å². The van der Waals surface area contributed by atoms with E-state index < -0.39 is 0 Å². The van der Waals surface area contributed by atoms with Gasteiger partial charge in [-0.25, -0.2) is 19.4 Å². The fourth-order valence-electron chi connectivity index (χ4n) is 4.92. The lowest BCUT2D eigenvalue weighted by molar-refractivity contribution is 0.283. The number of piperidine rings is 1. The van der Waals surface area contributed by atoms with Crippen LogP contribution in [0.1, 0.15) is 43.9 Å². The van der Waals surface area contributed by atoms with Gasteiger partial charge in [-0.3, -0.25) is 0 Å². The molecule has 0 amide bonds. The molecule has 2 aliphatic heterocycles. The van der Waals surface area contributed by atoms with Gasteiger partial charge in [0.15, 0.2) is 11.7 Å². The molecule has 2 atom stereocenters. The Kier molecular flexibility index (Phi) is 6.57. The first-order valence-corrected chi connectivity index (χ1v) is 12.2. The van der Waals surface area contributed by atoms with Crippen LogP contribution in [0.2, 0.25) is 5.02 Å². The van der Waals surface area contributed by atoms with Crippen LogP contribution in [0.3, 0.4) is 0 Å². The Morgan fingerprint density at radius 1 is 1.26 bits per heavy atom. The summed E-state index contributed by atoms with van der Waals surface area (Å²) in [6.45, 7) is 6.20. The maximum atomic E-state index is 14.6. The van der Waals surface area contributed by atoms with Crippen molar-refractivity contribution in [1.29, 1.82) is 0 Å². The number of anilines is 1. The highest BCUT2D eigenvalue weighted by Gasteiger charge is 2.43. The molecule has 6 nitrogen and oxygen atoms in total. The second-order valence-corrected chi connectivity index (χ2v) is 9.63. The minimum Gasteiger partial charge on any atom is -0.493 e. The highest BCUT2D eigenvalue weighted by Crippen LogP contribution is 2.50. The molecule has 1 aliphatic carbocycles. The molecular formula is C26H28ClFN4O2. The van der Waals surface area contributed by atoms with Gasteiger partial charge in [0.05, 0.1) is 35.3 Å². The Morgan fingerprint density at radius 2 is 2.09 bits per heavy atom. The van der Waals surface area contributed by atoms with E-state index >= 15 is 0 Å². The fourth-order valence-corrected chi connectivity index (χ4v) is 5.01. The van der Waals surface area contributed by atoms with E-state index in [9.17, 15) is 4.39 Å². The molecule has 34 heavy (non-hydrogen) atoms. The van der Waals surface area contributed by atoms with Gasteiger partial charge in [-0.1, -0.05) is 17.3 Å². The Hall–Kier alpha value is -2.89. The van der Waals surface area contributed by atoms with E-state index in [0.29, 0.717) is 40.5 Å². The number of rotatable bonds is 7. The molecule has 3 aliphatic rings. The standard InChI is InChI=1S/C26H28ClFN4O2/c1-16-23(27)15-30-26(31-16)32-10-6-18(7-11-32)22-13-19(22)8-12-33-20-3-4-21(24(28)14-20)25-5-9-29-17(2)34-25/h3-4,9,14-15,18-19,22H,6-8,10-13H2,1-2H3. The molecule has 0 radical (unpaired) electrons. The molecule has 178 valence electrons. The molecule has 1 saturated carbocycles. The first-order chi connectivity index (χ1) is 16.5. The summed E-state index contributed by atoms with van der Waals surface area (Å²) in [5.41, 5.74) is 4.01. The van der Waals surface area contributed by atoms with Crippen molar-refractivity contribution in [3.8, 4) is 5.75 Å². The predicted molar refractivity (Wildman–Crippen MR) is 131 cm³/mol. The molecular weight excluding hydrogens is 455 g/mol. The zero-order valence-electron chi connectivity index (χ0n) is 19.4. The Morgan fingerprint density at radius 3 is 2.82 bits per heavy atom. The number of aliphatic imine (C=N–C) groups is 1. The Balaban J connectivity index is 1.06. The minimum absolute atomic E-state index is 0.334. The van der Waals surface area contributed by atoms with Crippen LogP contribution in [-0.4, -0.2) is 35.6 Å². The average Bonchev–Trinajstić information content (AvgIpc) is 3.61. The van der Waals surface area contributed by atoms with Gasteiger partial charge in [0.2, 0.25) is 5.95 Å². The summed E-state index contributed by atoms with van der Waals surface area (Å²) in [7, 11) is 0. The molecule has 0 spiro atoms. The monoisotopic (exact) mass is 482 g/mol. The Bertz CT molecular complexity index is 1170.